The lowest BCUT2D eigenvalue weighted by atomic mass is 10.2. The van der Waals surface area contributed by atoms with E-state index in [1.54, 1.807) is 6.07 Å². The van der Waals surface area contributed by atoms with Crippen molar-refractivity contribution in [3.05, 3.63) is 34.6 Å². The van der Waals surface area contributed by atoms with Crippen LogP contribution in [0.1, 0.15) is 12.0 Å². The minimum absolute atomic E-state index is 0.0112. The smallest absolute Gasteiger partial charge is 0.326 e. The van der Waals surface area contributed by atoms with E-state index >= 15 is 0 Å². The van der Waals surface area contributed by atoms with Gasteiger partial charge in [0.15, 0.2) is 0 Å². The fourth-order valence-electron chi connectivity index (χ4n) is 1.56. The number of urea groups is 1. The number of nitrogens with one attached hydrogen (secondary N) is 2. The number of carbonyl (C=O) groups excluding carboxylic acids is 1. The fraction of sp³-hybridized carbons (Fsp3) is 0.385. The van der Waals surface area contributed by atoms with Crippen molar-refractivity contribution in [3.63, 3.8) is 0 Å². The summed E-state index contributed by atoms with van der Waals surface area (Å²) in [5.74, 6) is -1.05. The molecule has 0 radical (unpaired) electrons. The average molecular weight is 335 g/mol. The molecule has 0 saturated carbocycles. The molecule has 2 amide bonds. The maximum absolute atomic E-state index is 13.2. The Morgan fingerprint density at radius 3 is 2.81 bits per heavy atom. The highest BCUT2D eigenvalue weighted by Gasteiger charge is 2.19. The summed E-state index contributed by atoms with van der Waals surface area (Å²) in [4.78, 5) is 22.7. The van der Waals surface area contributed by atoms with E-state index in [1.165, 1.54) is 23.9 Å². The number of hydrogen-bond donors (Lipinski definition) is 3. The molecule has 21 heavy (non-hydrogen) atoms. The summed E-state index contributed by atoms with van der Waals surface area (Å²) in [7, 11) is 0. The summed E-state index contributed by atoms with van der Waals surface area (Å²) in [6.07, 6.45) is 2.18. The average Bonchev–Trinajstić information content (AvgIpc) is 2.44. The number of hydrogen-bond acceptors (Lipinski definition) is 3. The summed E-state index contributed by atoms with van der Waals surface area (Å²) in [5, 5.41) is 13.7. The molecule has 0 spiro atoms. The van der Waals surface area contributed by atoms with Crippen molar-refractivity contribution in [2.24, 2.45) is 0 Å². The van der Waals surface area contributed by atoms with Crippen LogP contribution in [-0.4, -0.2) is 35.2 Å². The zero-order valence-electron chi connectivity index (χ0n) is 11.4. The number of halogens is 2. The topological polar surface area (TPSA) is 78.4 Å². The number of carbonyl (C=O) groups is 2. The van der Waals surface area contributed by atoms with Crippen LogP contribution in [0, 0.1) is 5.82 Å². The Morgan fingerprint density at radius 2 is 2.19 bits per heavy atom. The normalized spacial score (nSPS) is 11.8. The number of thioether (sulfide) groups is 1. The maximum atomic E-state index is 13.2. The number of carboxylic acid groups (broad SMARTS) is 1. The van der Waals surface area contributed by atoms with Gasteiger partial charge < -0.3 is 15.7 Å². The minimum Gasteiger partial charge on any atom is -0.480 e. The molecule has 0 aromatic heterocycles. The summed E-state index contributed by atoms with van der Waals surface area (Å²) in [6, 6.07) is 2.68. The molecular weight excluding hydrogens is 319 g/mol. The number of aliphatic carboxylic acids is 1. The molecule has 5 nitrogen and oxygen atoms in total. The van der Waals surface area contributed by atoms with Gasteiger partial charge in [0.2, 0.25) is 0 Å². The van der Waals surface area contributed by atoms with Crippen LogP contribution < -0.4 is 10.6 Å². The van der Waals surface area contributed by atoms with Crippen LogP contribution >= 0.6 is 23.4 Å². The van der Waals surface area contributed by atoms with Crippen LogP contribution in [0.4, 0.5) is 9.18 Å². The minimum atomic E-state index is -1.09. The molecule has 0 bridgehead atoms. The van der Waals surface area contributed by atoms with Crippen LogP contribution in [0.15, 0.2) is 18.2 Å². The highest BCUT2D eigenvalue weighted by molar-refractivity contribution is 7.98. The van der Waals surface area contributed by atoms with E-state index < -0.39 is 23.9 Å². The number of amides is 2. The van der Waals surface area contributed by atoms with E-state index in [0.717, 1.165) is 0 Å². The van der Waals surface area contributed by atoms with E-state index in [0.29, 0.717) is 17.7 Å². The Bertz CT molecular complexity index is 516. The summed E-state index contributed by atoms with van der Waals surface area (Å²) in [5.41, 5.74) is 0.419. The van der Waals surface area contributed by atoms with E-state index in [-0.39, 0.29) is 11.6 Å². The first-order chi connectivity index (χ1) is 9.95. The Balaban J connectivity index is 2.52. The molecular formula is C13H16ClFN2O3S. The predicted octanol–water partition coefficient (Wildman–Crippen LogP) is 2.48. The molecule has 1 unspecified atom stereocenters. The molecule has 0 aliphatic carbocycles. The predicted molar refractivity (Wildman–Crippen MR) is 81.2 cm³/mol. The second-order valence-corrected chi connectivity index (χ2v) is 5.58. The van der Waals surface area contributed by atoms with Gasteiger partial charge in [-0.1, -0.05) is 23.7 Å². The Labute approximate surface area is 131 Å². The van der Waals surface area contributed by atoms with Crippen LogP contribution in [0.25, 0.3) is 0 Å². The third-order valence-electron chi connectivity index (χ3n) is 2.69. The van der Waals surface area contributed by atoms with Gasteiger partial charge in [-0.25, -0.2) is 14.0 Å². The molecule has 0 heterocycles. The molecule has 8 heteroatoms. The Kier molecular flexibility index (Phi) is 7.31. The zero-order valence-corrected chi connectivity index (χ0v) is 12.9. The van der Waals surface area contributed by atoms with Crippen molar-refractivity contribution >= 4 is 35.4 Å². The van der Waals surface area contributed by atoms with Gasteiger partial charge in [0, 0.05) is 6.54 Å². The highest BCUT2D eigenvalue weighted by atomic mass is 35.5. The van der Waals surface area contributed by atoms with E-state index in [1.807, 2.05) is 6.26 Å². The van der Waals surface area contributed by atoms with E-state index in [4.69, 9.17) is 16.7 Å². The van der Waals surface area contributed by atoms with Gasteiger partial charge >= 0.3 is 12.0 Å². The molecule has 0 aliphatic heterocycles. The van der Waals surface area contributed by atoms with Crippen molar-refractivity contribution in [2.75, 3.05) is 12.0 Å². The molecule has 0 aliphatic rings. The van der Waals surface area contributed by atoms with Crippen molar-refractivity contribution in [1.82, 2.24) is 10.6 Å². The SMILES string of the molecule is CSCCC(NC(=O)NCc1cccc(F)c1Cl)C(=O)O. The fourth-order valence-corrected chi connectivity index (χ4v) is 2.23. The molecule has 0 fully saturated rings. The second kappa shape index (κ2) is 8.74. The Morgan fingerprint density at radius 1 is 1.48 bits per heavy atom. The van der Waals surface area contributed by atoms with Crippen molar-refractivity contribution < 1.29 is 19.1 Å². The van der Waals surface area contributed by atoms with E-state index in [2.05, 4.69) is 10.6 Å². The number of carboxylic acids is 1. The van der Waals surface area contributed by atoms with Crippen LogP contribution in [0.2, 0.25) is 5.02 Å². The lowest BCUT2D eigenvalue weighted by Crippen LogP contribution is -2.46. The van der Waals surface area contributed by atoms with E-state index in [9.17, 15) is 14.0 Å². The van der Waals surface area contributed by atoms with Crippen LogP contribution in [0.5, 0.6) is 0 Å². The van der Waals surface area contributed by atoms with Gasteiger partial charge in [-0.05, 0) is 30.1 Å². The molecule has 1 aromatic carbocycles. The lowest BCUT2D eigenvalue weighted by molar-refractivity contribution is -0.139. The second-order valence-electron chi connectivity index (χ2n) is 4.21. The van der Waals surface area contributed by atoms with Gasteiger partial charge in [0.05, 0.1) is 5.02 Å². The monoisotopic (exact) mass is 334 g/mol. The first kappa shape index (κ1) is 17.6. The summed E-state index contributed by atoms with van der Waals surface area (Å²) < 4.78 is 13.2. The lowest BCUT2D eigenvalue weighted by Gasteiger charge is -2.15. The van der Waals surface area contributed by atoms with Gasteiger partial charge in [0.25, 0.3) is 0 Å². The molecule has 1 aromatic rings. The van der Waals surface area contributed by atoms with Crippen LogP contribution in [-0.2, 0) is 11.3 Å². The standard InChI is InChI=1S/C13H16ClFN2O3S/c1-21-6-5-10(12(18)19)17-13(20)16-7-8-3-2-4-9(15)11(8)14/h2-4,10H,5-7H2,1H3,(H,18,19)(H2,16,17,20). The van der Waals surface area contributed by atoms with Crippen molar-refractivity contribution in [2.45, 2.75) is 19.0 Å². The Hall–Kier alpha value is -1.47. The summed E-state index contributed by atoms with van der Waals surface area (Å²) >= 11 is 7.25. The van der Waals surface area contributed by atoms with Gasteiger partial charge in [-0.15, -0.1) is 0 Å². The maximum Gasteiger partial charge on any atom is 0.326 e. The van der Waals surface area contributed by atoms with Gasteiger partial charge in [0.1, 0.15) is 11.9 Å². The quantitative estimate of drug-likeness (QED) is 0.716. The molecule has 116 valence electrons. The number of rotatable bonds is 7. The molecule has 1 atom stereocenters. The molecule has 3 N–H and O–H groups in total. The zero-order chi connectivity index (χ0) is 15.8. The highest BCUT2D eigenvalue weighted by Crippen LogP contribution is 2.19. The first-order valence-electron chi connectivity index (χ1n) is 6.14. The summed E-state index contributed by atoms with van der Waals surface area (Å²) in [6.45, 7) is 0.0112. The molecule has 0 saturated heterocycles. The third-order valence-corrected chi connectivity index (χ3v) is 3.75. The van der Waals surface area contributed by atoms with Gasteiger partial charge in [-0.3, -0.25) is 0 Å². The number of benzene rings is 1. The third kappa shape index (κ3) is 5.81. The van der Waals surface area contributed by atoms with Crippen molar-refractivity contribution in [1.29, 1.82) is 0 Å². The van der Waals surface area contributed by atoms with Crippen molar-refractivity contribution in [3.8, 4) is 0 Å². The molecule has 1 rings (SSSR count). The first-order valence-corrected chi connectivity index (χ1v) is 7.92. The largest absolute Gasteiger partial charge is 0.480 e. The van der Waals surface area contributed by atoms with Crippen LogP contribution in [0.3, 0.4) is 0 Å². The van der Waals surface area contributed by atoms with Gasteiger partial charge in [-0.2, -0.15) is 11.8 Å².